The van der Waals surface area contributed by atoms with Crippen LogP contribution in [0.5, 0.6) is 11.5 Å². The Morgan fingerprint density at radius 2 is 2.06 bits per heavy atom. The number of benzene rings is 1. The minimum atomic E-state index is -0.142. The summed E-state index contributed by atoms with van der Waals surface area (Å²) >= 11 is 0. The zero-order chi connectivity index (χ0) is 12.5. The van der Waals surface area contributed by atoms with Crippen molar-refractivity contribution in [2.24, 2.45) is 0 Å². The summed E-state index contributed by atoms with van der Waals surface area (Å²) < 4.78 is 10.7. The molecule has 0 aromatic heterocycles. The molecule has 18 heavy (non-hydrogen) atoms. The van der Waals surface area contributed by atoms with Gasteiger partial charge >= 0.3 is 0 Å². The number of ether oxygens (including phenoxy) is 2. The number of allylic oxidation sites excluding steroid dienone is 1. The Labute approximate surface area is 104 Å². The lowest BCUT2D eigenvalue weighted by Gasteiger charge is -2.25. The van der Waals surface area contributed by atoms with E-state index in [1.54, 1.807) is 12.3 Å². The molecule has 0 amide bonds. The van der Waals surface area contributed by atoms with Crippen molar-refractivity contribution in [3.8, 4) is 11.5 Å². The molecule has 94 valence electrons. The van der Waals surface area contributed by atoms with E-state index in [-0.39, 0.29) is 11.5 Å². The van der Waals surface area contributed by atoms with E-state index >= 15 is 0 Å². The number of aromatic hydroxyl groups is 1. The molecule has 0 spiro atoms. The van der Waals surface area contributed by atoms with Crippen molar-refractivity contribution in [1.82, 2.24) is 4.90 Å². The summed E-state index contributed by atoms with van der Waals surface area (Å²) in [7, 11) is 0. The minimum Gasteiger partial charge on any atom is -0.508 e. The molecule has 0 atom stereocenters. The number of ketones is 1. The second-order valence-corrected chi connectivity index (χ2v) is 4.25. The van der Waals surface area contributed by atoms with Gasteiger partial charge in [-0.1, -0.05) is 0 Å². The summed E-state index contributed by atoms with van der Waals surface area (Å²) in [4.78, 5) is 14.1. The fraction of sp³-hybridized carbons (Fsp3) is 0.308. The van der Waals surface area contributed by atoms with Crippen LogP contribution in [-0.2, 0) is 4.74 Å². The van der Waals surface area contributed by atoms with E-state index in [1.165, 1.54) is 12.1 Å². The summed E-state index contributed by atoms with van der Waals surface area (Å²) in [6.45, 7) is 2.82. The second-order valence-electron chi connectivity index (χ2n) is 4.25. The normalized spacial score (nSPS) is 21.0. The van der Waals surface area contributed by atoms with Gasteiger partial charge in [-0.15, -0.1) is 0 Å². The van der Waals surface area contributed by atoms with Gasteiger partial charge in [-0.3, -0.25) is 4.79 Å². The number of fused-ring (bicyclic) bond motifs is 1. The van der Waals surface area contributed by atoms with E-state index in [0.29, 0.717) is 30.3 Å². The Balaban J connectivity index is 1.85. The maximum atomic E-state index is 12.0. The molecule has 0 bridgehead atoms. The first-order chi connectivity index (χ1) is 8.74. The first kappa shape index (κ1) is 11.1. The summed E-state index contributed by atoms with van der Waals surface area (Å²) in [6.07, 6.45) is 1.72. The molecule has 1 aromatic carbocycles. The number of carbonyl (C=O) groups is 1. The van der Waals surface area contributed by atoms with Crippen LogP contribution in [0.1, 0.15) is 10.4 Å². The van der Waals surface area contributed by atoms with E-state index < -0.39 is 0 Å². The number of phenols is 1. The van der Waals surface area contributed by atoms with Crippen LogP contribution < -0.4 is 4.74 Å². The average Bonchev–Trinajstić information content (AvgIpc) is 2.67. The molecule has 5 nitrogen and oxygen atoms in total. The highest BCUT2D eigenvalue weighted by atomic mass is 16.5. The number of morpholine rings is 1. The largest absolute Gasteiger partial charge is 0.508 e. The van der Waals surface area contributed by atoms with E-state index in [0.717, 1.165) is 13.1 Å². The summed E-state index contributed by atoms with van der Waals surface area (Å²) in [6, 6.07) is 4.51. The molecule has 2 aliphatic heterocycles. The third-order valence-corrected chi connectivity index (χ3v) is 3.00. The zero-order valence-electron chi connectivity index (χ0n) is 9.76. The Hall–Kier alpha value is -2.01. The molecule has 0 unspecified atom stereocenters. The smallest absolute Gasteiger partial charge is 0.233 e. The molecule has 2 aliphatic rings. The molecule has 2 heterocycles. The third-order valence-electron chi connectivity index (χ3n) is 3.00. The molecule has 1 aromatic rings. The number of hydrogen-bond donors (Lipinski definition) is 1. The molecular formula is C13H13NO4. The minimum absolute atomic E-state index is 0.0918. The van der Waals surface area contributed by atoms with Gasteiger partial charge in [0.15, 0.2) is 5.76 Å². The van der Waals surface area contributed by atoms with Gasteiger partial charge in [0.25, 0.3) is 0 Å². The third kappa shape index (κ3) is 1.93. The lowest BCUT2D eigenvalue weighted by Crippen LogP contribution is -2.32. The van der Waals surface area contributed by atoms with Crippen molar-refractivity contribution >= 4 is 5.78 Å². The molecule has 5 heteroatoms. The number of rotatable bonds is 1. The summed E-state index contributed by atoms with van der Waals surface area (Å²) in [5, 5.41) is 9.35. The van der Waals surface area contributed by atoms with E-state index in [1.807, 2.05) is 4.90 Å². The lowest BCUT2D eigenvalue weighted by atomic mass is 10.1. The number of Topliss-reactive ketones (excluding diaryl/α,β-unsaturated/α-hetero) is 1. The number of phenolic OH excluding ortho intramolecular Hbond substituents is 1. The number of hydrogen-bond acceptors (Lipinski definition) is 5. The van der Waals surface area contributed by atoms with Gasteiger partial charge in [0, 0.05) is 25.4 Å². The highest BCUT2D eigenvalue weighted by Crippen LogP contribution is 2.33. The van der Waals surface area contributed by atoms with E-state index in [4.69, 9.17) is 9.47 Å². The first-order valence-electron chi connectivity index (χ1n) is 5.83. The predicted molar refractivity (Wildman–Crippen MR) is 63.5 cm³/mol. The molecule has 1 N–H and O–H groups in total. The standard InChI is InChI=1S/C13H13NO4/c15-9-1-2-10-11(7-9)18-12(13(10)16)8-14-3-5-17-6-4-14/h1-2,7-8,15H,3-6H2/b12-8-. The summed E-state index contributed by atoms with van der Waals surface area (Å²) in [5.41, 5.74) is 0.493. The Morgan fingerprint density at radius 1 is 1.28 bits per heavy atom. The molecular weight excluding hydrogens is 234 g/mol. The van der Waals surface area contributed by atoms with Crippen molar-refractivity contribution < 1.29 is 19.4 Å². The van der Waals surface area contributed by atoms with E-state index in [2.05, 4.69) is 0 Å². The van der Waals surface area contributed by atoms with Crippen LogP contribution in [-0.4, -0.2) is 42.1 Å². The maximum absolute atomic E-state index is 12.0. The van der Waals surface area contributed by atoms with Crippen LogP contribution in [0.4, 0.5) is 0 Å². The first-order valence-corrected chi connectivity index (χ1v) is 5.83. The number of carbonyl (C=O) groups excluding carboxylic acids is 1. The van der Waals surface area contributed by atoms with Crippen molar-refractivity contribution in [2.75, 3.05) is 26.3 Å². The van der Waals surface area contributed by atoms with Crippen LogP contribution in [0.2, 0.25) is 0 Å². The summed E-state index contributed by atoms with van der Waals surface area (Å²) in [5.74, 6) is 0.669. The van der Waals surface area contributed by atoms with Crippen molar-refractivity contribution in [3.63, 3.8) is 0 Å². The fourth-order valence-corrected chi connectivity index (χ4v) is 2.04. The Bertz CT molecular complexity index is 518. The number of nitrogens with zero attached hydrogens (tertiary/aromatic N) is 1. The van der Waals surface area contributed by atoms with Gasteiger partial charge in [-0.05, 0) is 12.1 Å². The lowest BCUT2D eigenvalue weighted by molar-refractivity contribution is 0.0577. The topological polar surface area (TPSA) is 59.0 Å². The van der Waals surface area contributed by atoms with Gasteiger partial charge in [-0.25, -0.2) is 0 Å². The van der Waals surface area contributed by atoms with Gasteiger partial charge in [0.2, 0.25) is 5.78 Å². The fourth-order valence-electron chi connectivity index (χ4n) is 2.04. The van der Waals surface area contributed by atoms with Crippen molar-refractivity contribution in [2.45, 2.75) is 0 Å². The van der Waals surface area contributed by atoms with Crippen LogP contribution in [0.15, 0.2) is 30.2 Å². The van der Waals surface area contributed by atoms with Gasteiger partial charge in [0.1, 0.15) is 11.5 Å². The zero-order valence-corrected chi connectivity index (χ0v) is 9.76. The van der Waals surface area contributed by atoms with E-state index in [9.17, 15) is 9.90 Å². The molecule has 3 rings (SSSR count). The second kappa shape index (κ2) is 4.34. The molecule has 1 fully saturated rings. The Morgan fingerprint density at radius 3 is 2.83 bits per heavy atom. The van der Waals surface area contributed by atoms with Crippen LogP contribution in [0, 0.1) is 0 Å². The van der Waals surface area contributed by atoms with Crippen molar-refractivity contribution in [3.05, 3.63) is 35.7 Å². The van der Waals surface area contributed by atoms with Crippen LogP contribution >= 0.6 is 0 Å². The molecule has 1 saturated heterocycles. The Kier molecular flexibility index (Phi) is 2.68. The molecule has 0 radical (unpaired) electrons. The highest BCUT2D eigenvalue weighted by Gasteiger charge is 2.28. The quantitative estimate of drug-likeness (QED) is 0.754. The van der Waals surface area contributed by atoms with Gasteiger partial charge < -0.3 is 19.5 Å². The highest BCUT2D eigenvalue weighted by molar-refractivity contribution is 6.12. The van der Waals surface area contributed by atoms with Gasteiger partial charge in [0.05, 0.1) is 18.8 Å². The maximum Gasteiger partial charge on any atom is 0.233 e. The molecule has 0 saturated carbocycles. The van der Waals surface area contributed by atoms with Crippen LogP contribution in [0.25, 0.3) is 0 Å². The predicted octanol–water partition coefficient (Wildman–Crippen LogP) is 1.14. The SMILES string of the molecule is O=C1/C(=C/N2CCOCC2)Oc2cc(O)ccc21. The van der Waals surface area contributed by atoms with Crippen molar-refractivity contribution in [1.29, 1.82) is 0 Å². The van der Waals surface area contributed by atoms with Crippen LogP contribution in [0.3, 0.4) is 0 Å². The average molecular weight is 247 g/mol. The molecule has 0 aliphatic carbocycles. The van der Waals surface area contributed by atoms with Gasteiger partial charge in [-0.2, -0.15) is 0 Å². The monoisotopic (exact) mass is 247 g/mol.